The highest BCUT2D eigenvalue weighted by Crippen LogP contribution is 2.20. The van der Waals surface area contributed by atoms with Crippen molar-refractivity contribution in [1.29, 1.82) is 0 Å². The number of aromatic amines is 1. The molecule has 0 saturated carbocycles. The molecule has 0 fully saturated rings. The number of ether oxygens (including phenoxy) is 1. The Labute approximate surface area is 122 Å². The number of anilines is 2. The Bertz CT molecular complexity index is 808. The van der Waals surface area contributed by atoms with Crippen LogP contribution in [0.4, 0.5) is 11.6 Å². The Morgan fingerprint density at radius 1 is 1.24 bits per heavy atom. The summed E-state index contributed by atoms with van der Waals surface area (Å²) < 4.78 is 4.71. The second-order valence-corrected chi connectivity index (χ2v) is 4.80. The van der Waals surface area contributed by atoms with Crippen molar-refractivity contribution in [3.63, 3.8) is 0 Å². The van der Waals surface area contributed by atoms with Gasteiger partial charge in [-0.3, -0.25) is 0 Å². The molecule has 1 aromatic heterocycles. The van der Waals surface area contributed by atoms with Crippen molar-refractivity contribution in [2.24, 2.45) is 0 Å². The van der Waals surface area contributed by atoms with Crippen LogP contribution in [0.5, 0.6) is 0 Å². The van der Waals surface area contributed by atoms with Gasteiger partial charge in [0.1, 0.15) is 0 Å². The number of H-pyrrole nitrogens is 1. The zero-order chi connectivity index (χ0) is 14.8. The number of carbonyl (C=O) groups excluding carboxylic acids is 1. The lowest BCUT2D eigenvalue weighted by molar-refractivity contribution is 0.0601. The number of fused-ring (bicyclic) bond motifs is 1. The first kappa shape index (κ1) is 13.2. The molecular weight excluding hydrogens is 266 g/mol. The molecule has 0 saturated heterocycles. The maximum absolute atomic E-state index is 11.5. The van der Waals surface area contributed by atoms with Crippen LogP contribution in [-0.2, 0) is 4.74 Å². The van der Waals surface area contributed by atoms with Crippen LogP contribution in [0.25, 0.3) is 11.0 Å². The standard InChI is InChI=1S/C16H15N3O2/c1-10-6-7-13-14(8-10)19-16(18-13)17-12-5-3-4-11(9-12)15(20)21-2/h3-9H,1-2H3,(H2,17,18,19). The molecule has 0 aliphatic heterocycles. The summed E-state index contributed by atoms with van der Waals surface area (Å²) in [6.07, 6.45) is 0. The lowest BCUT2D eigenvalue weighted by Gasteiger charge is -2.04. The summed E-state index contributed by atoms with van der Waals surface area (Å²) in [4.78, 5) is 19.2. The van der Waals surface area contributed by atoms with E-state index >= 15 is 0 Å². The molecule has 3 aromatic rings. The van der Waals surface area contributed by atoms with Crippen LogP contribution < -0.4 is 5.32 Å². The minimum absolute atomic E-state index is 0.362. The highest BCUT2D eigenvalue weighted by molar-refractivity contribution is 5.90. The van der Waals surface area contributed by atoms with E-state index in [1.165, 1.54) is 12.7 Å². The van der Waals surface area contributed by atoms with Crippen molar-refractivity contribution in [3.05, 3.63) is 53.6 Å². The summed E-state index contributed by atoms with van der Waals surface area (Å²) >= 11 is 0. The predicted molar refractivity (Wildman–Crippen MR) is 81.9 cm³/mol. The van der Waals surface area contributed by atoms with Crippen molar-refractivity contribution in [2.75, 3.05) is 12.4 Å². The number of aryl methyl sites for hydroxylation is 1. The number of benzene rings is 2. The van der Waals surface area contributed by atoms with Gasteiger partial charge in [0.25, 0.3) is 0 Å². The van der Waals surface area contributed by atoms with Gasteiger partial charge >= 0.3 is 5.97 Å². The topological polar surface area (TPSA) is 67.0 Å². The van der Waals surface area contributed by atoms with E-state index in [0.29, 0.717) is 11.5 Å². The van der Waals surface area contributed by atoms with E-state index in [-0.39, 0.29) is 5.97 Å². The van der Waals surface area contributed by atoms with Crippen molar-refractivity contribution < 1.29 is 9.53 Å². The number of hydrogen-bond donors (Lipinski definition) is 2. The van der Waals surface area contributed by atoms with Gasteiger partial charge < -0.3 is 15.0 Å². The van der Waals surface area contributed by atoms with Gasteiger partial charge in [-0.05, 0) is 42.8 Å². The third kappa shape index (κ3) is 2.72. The predicted octanol–water partition coefficient (Wildman–Crippen LogP) is 3.40. The van der Waals surface area contributed by atoms with Crippen LogP contribution >= 0.6 is 0 Å². The normalized spacial score (nSPS) is 10.6. The minimum atomic E-state index is -0.362. The molecule has 0 radical (unpaired) electrons. The largest absolute Gasteiger partial charge is 0.465 e. The van der Waals surface area contributed by atoms with Gasteiger partial charge in [0.15, 0.2) is 0 Å². The number of nitrogens with one attached hydrogen (secondary N) is 2. The molecule has 0 unspecified atom stereocenters. The molecule has 0 aliphatic carbocycles. The van der Waals surface area contributed by atoms with E-state index in [4.69, 9.17) is 4.74 Å². The molecule has 5 nitrogen and oxygen atoms in total. The molecular formula is C16H15N3O2. The van der Waals surface area contributed by atoms with Gasteiger partial charge in [-0.15, -0.1) is 0 Å². The molecule has 106 valence electrons. The summed E-state index contributed by atoms with van der Waals surface area (Å²) in [5.74, 6) is 0.275. The van der Waals surface area contributed by atoms with E-state index in [9.17, 15) is 4.79 Å². The monoisotopic (exact) mass is 281 g/mol. The van der Waals surface area contributed by atoms with Crippen molar-refractivity contribution >= 4 is 28.6 Å². The Hall–Kier alpha value is -2.82. The van der Waals surface area contributed by atoms with E-state index < -0.39 is 0 Å². The first-order valence-electron chi connectivity index (χ1n) is 6.57. The number of imidazole rings is 1. The number of esters is 1. The fourth-order valence-electron chi connectivity index (χ4n) is 2.16. The van der Waals surface area contributed by atoms with Crippen LogP contribution in [-0.4, -0.2) is 23.0 Å². The highest BCUT2D eigenvalue weighted by Gasteiger charge is 2.07. The highest BCUT2D eigenvalue weighted by atomic mass is 16.5. The summed E-state index contributed by atoms with van der Waals surface area (Å²) in [5.41, 5.74) is 4.31. The maximum atomic E-state index is 11.5. The Kier molecular flexibility index (Phi) is 3.31. The van der Waals surface area contributed by atoms with Gasteiger partial charge in [-0.2, -0.15) is 0 Å². The summed E-state index contributed by atoms with van der Waals surface area (Å²) in [7, 11) is 1.37. The van der Waals surface area contributed by atoms with Crippen LogP contribution in [0, 0.1) is 6.92 Å². The van der Waals surface area contributed by atoms with Crippen LogP contribution in [0.15, 0.2) is 42.5 Å². The minimum Gasteiger partial charge on any atom is -0.465 e. The van der Waals surface area contributed by atoms with Crippen LogP contribution in [0.2, 0.25) is 0 Å². The van der Waals surface area contributed by atoms with Gasteiger partial charge in [-0.25, -0.2) is 9.78 Å². The first-order chi connectivity index (χ1) is 10.2. The Balaban J connectivity index is 1.89. The lowest BCUT2D eigenvalue weighted by Crippen LogP contribution is -2.02. The second-order valence-electron chi connectivity index (χ2n) is 4.80. The van der Waals surface area contributed by atoms with E-state index in [1.807, 2.05) is 31.2 Å². The number of nitrogens with zero attached hydrogens (tertiary/aromatic N) is 1. The van der Waals surface area contributed by atoms with Crippen molar-refractivity contribution in [1.82, 2.24) is 9.97 Å². The van der Waals surface area contributed by atoms with E-state index in [2.05, 4.69) is 15.3 Å². The van der Waals surface area contributed by atoms with Gasteiger partial charge in [0.05, 0.1) is 23.7 Å². The summed E-state index contributed by atoms with van der Waals surface area (Å²) in [6, 6.07) is 13.1. The maximum Gasteiger partial charge on any atom is 0.337 e. The number of hydrogen-bond acceptors (Lipinski definition) is 4. The van der Waals surface area contributed by atoms with Crippen LogP contribution in [0.1, 0.15) is 15.9 Å². The van der Waals surface area contributed by atoms with Gasteiger partial charge in [0.2, 0.25) is 5.95 Å². The second kappa shape index (κ2) is 5.28. The molecule has 0 amide bonds. The molecule has 0 bridgehead atoms. The molecule has 1 heterocycles. The van der Waals surface area contributed by atoms with Gasteiger partial charge in [-0.1, -0.05) is 12.1 Å². The molecule has 2 aromatic carbocycles. The smallest absolute Gasteiger partial charge is 0.337 e. The molecule has 0 atom stereocenters. The summed E-state index contributed by atoms with van der Waals surface area (Å²) in [5, 5.41) is 3.16. The summed E-state index contributed by atoms with van der Waals surface area (Å²) in [6.45, 7) is 2.03. The quantitative estimate of drug-likeness (QED) is 0.722. The lowest BCUT2D eigenvalue weighted by atomic mass is 10.2. The van der Waals surface area contributed by atoms with Crippen molar-refractivity contribution in [3.8, 4) is 0 Å². The van der Waals surface area contributed by atoms with Crippen molar-refractivity contribution in [2.45, 2.75) is 6.92 Å². The molecule has 3 rings (SSSR count). The fourth-order valence-corrected chi connectivity index (χ4v) is 2.16. The third-order valence-corrected chi connectivity index (χ3v) is 3.18. The van der Waals surface area contributed by atoms with Gasteiger partial charge in [0, 0.05) is 5.69 Å². The Morgan fingerprint density at radius 3 is 2.90 bits per heavy atom. The zero-order valence-corrected chi connectivity index (χ0v) is 11.8. The van der Waals surface area contributed by atoms with E-state index in [1.54, 1.807) is 18.2 Å². The number of aromatic nitrogens is 2. The number of rotatable bonds is 3. The fraction of sp³-hybridized carbons (Fsp3) is 0.125. The third-order valence-electron chi connectivity index (χ3n) is 3.18. The molecule has 5 heteroatoms. The zero-order valence-electron chi connectivity index (χ0n) is 11.8. The average Bonchev–Trinajstić information content (AvgIpc) is 2.88. The van der Waals surface area contributed by atoms with Crippen LogP contribution in [0.3, 0.4) is 0 Å². The molecule has 0 spiro atoms. The molecule has 0 aliphatic rings. The molecule has 21 heavy (non-hydrogen) atoms. The SMILES string of the molecule is COC(=O)c1cccc(Nc2nc3ccc(C)cc3[nH]2)c1. The Morgan fingerprint density at radius 2 is 2.10 bits per heavy atom. The molecule has 2 N–H and O–H groups in total. The first-order valence-corrected chi connectivity index (χ1v) is 6.57. The number of carbonyl (C=O) groups is 1. The number of methoxy groups -OCH3 is 1. The average molecular weight is 281 g/mol. The van der Waals surface area contributed by atoms with E-state index in [0.717, 1.165) is 16.7 Å².